The van der Waals surface area contributed by atoms with E-state index in [-0.39, 0.29) is 0 Å². The van der Waals surface area contributed by atoms with E-state index in [9.17, 15) is 0 Å². The van der Waals surface area contributed by atoms with E-state index >= 15 is 0 Å². The number of fused-ring (bicyclic) bond motifs is 8. The highest BCUT2D eigenvalue weighted by molar-refractivity contribution is 6.15. The molecule has 4 heterocycles. The number of hydrogen-bond donors (Lipinski definition) is 0. The number of nitrogens with zero attached hydrogens (tertiary/aromatic N) is 5. The maximum atomic E-state index is 6.77. The molecule has 0 N–H and O–H groups in total. The maximum Gasteiger partial charge on any atom is 0.238 e. The summed E-state index contributed by atoms with van der Waals surface area (Å²) in [6, 6.07) is 70.3. The first-order valence-corrected chi connectivity index (χ1v) is 20.5. The van der Waals surface area contributed by atoms with Crippen LogP contribution in [0, 0.1) is 0 Å². The summed E-state index contributed by atoms with van der Waals surface area (Å²) in [5, 5.41) is 6.81. The number of rotatable bonds is 5. The van der Waals surface area contributed by atoms with E-state index in [1.54, 1.807) is 0 Å². The predicted octanol–water partition coefficient (Wildman–Crippen LogP) is 14.0. The van der Waals surface area contributed by atoms with Gasteiger partial charge in [-0.2, -0.15) is 9.97 Å². The zero-order valence-corrected chi connectivity index (χ0v) is 32.7. The van der Waals surface area contributed by atoms with Crippen LogP contribution in [0.1, 0.15) is 0 Å². The third-order valence-corrected chi connectivity index (χ3v) is 12.2. The van der Waals surface area contributed by atoms with Gasteiger partial charge in [-0.25, -0.2) is 4.98 Å². The van der Waals surface area contributed by atoms with Crippen LogP contribution in [0.3, 0.4) is 0 Å². The summed E-state index contributed by atoms with van der Waals surface area (Å²) in [6.45, 7) is 0. The highest BCUT2D eigenvalue weighted by Crippen LogP contribution is 2.49. The van der Waals surface area contributed by atoms with Crippen molar-refractivity contribution in [1.29, 1.82) is 0 Å². The molecule has 9 aromatic carbocycles. The minimum Gasteiger partial charge on any atom is -0.456 e. The lowest BCUT2D eigenvalue weighted by molar-refractivity contribution is 0.488. The molecule has 0 aliphatic carbocycles. The predicted molar refractivity (Wildman–Crippen MR) is 248 cm³/mol. The monoisotopic (exact) mass is 779 g/mol. The van der Waals surface area contributed by atoms with E-state index in [0.717, 1.165) is 83.1 Å². The van der Waals surface area contributed by atoms with Crippen molar-refractivity contribution in [2.75, 3.05) is 0 Å². The number of para-hydroxylation sites is 2. The van der Waals surface area contributed by atoms with Crippen LogP contribution in [0.25, 0.3) is 111 Å². The van der Waals surface area contributed by atoms with Gasteiger partial charge in [0.05, 0.1) is 22.1 Å². The molecule has 13 rings (SSSR count). The van der Waals surface area contributed by atoms with Crippen molar-refractivity contribution in [1.82, 2.24) is 24.1 Å². The number of benzene rings is 9. The Labute approximate surface area is 350 Å². The van der Waals surface area contributed by atoms with Crippen LogP contribution in [0.4, 0.5) is 0 Å². The van der Waals surface area contributed by atoms with Crippen molar-refractivity contribution in [3.8, 4) is 68.2 Å². The lowest BCUT2D eigenvalue weighted by Gasteiger charge is -2.21. The van der Waals surface area contributed by atoms with Gasteiger partial charge in [-0.15, -0.1) is 0 Å². The molecule has 61 heavy (non-hydrogen) atoms. The highest BCUT2D eigenvalue weighted by Gasteiger charge is 2.25. The van der Waals surface area contributed by atoms with Crippen molar-refractivity contribution >= 4 is 54.4 Å². The Morgan fingerprint density at radius 3 is 1.62 bits per heavy atom. The van der Waals surface area contributed by atoms with Crippen molar-refractivity contribution in [3.05, 3.63) is 200 Å². The molecule has 0 saturated carbocycles. The van der Waals surface area contributed by atoms with Gasteiger partial charge in [0.25, 0.3) is 0 Å². The number of ether oxygens (including phenoxy) is 1. The molecule has 0 unspecified atom stereocenters. The van der Waals surface area contributed by atoms with E-state index in [1.807, 2.05) is 60.7 Å². The van der Waals surface area contributed by atoms with Gasteiger partial charge in [0.15, 0.2) is 11.6 Å². The van der Waals surface area contributed by atoms with Crippen molar-refractivity contribution in [3.63, 3.8) is 0 Å². The molecule has 284 valence electrons. The van der Waals surface area contributed by atoms with Gasteiger partial charge in [-0.3, -0.25) is 4.57 Å². The topological polar surface area (TPSA) is 57.8 Å². The lowest BCUT2D eigenvalue weighted by Crippen LogP contribution is -2.06. The zero-order valence-electron chi connectivity index (χ0n) is 32.7. The summed E-state index contributed by atoms with van der Waals surface area (Å²) >= 11 is 0. The Hall–Kier alpha value is -8.35. The first-order valence-electron chi connectivity index (χ1n) is 20.5. The fourth-order valence-corrected chi connectivity index (χ4v) is 9.38. The van der Waals surface area contributed by atoms with Crippen LogP contribution in [0.15, 0.2) is 200 Å². The normalized spacial score (nSPS) is 12.1. The van der Waals surface area contributed by atoms with Crippen LogP contribution in [-0.2, 0) is 0 Å². The molecular formula is C55H33N5O. The minimum absolute atomic E-state index is 0.547. The first kappa shape index (κ1) is 33.6. The second-order valence-corrected chi connectivity index (χ2v) is 15.6. The Kier molecular flexibility index (Phi) is 7.21. The van der Waals surface area contributed by atoms with Crippen molar-refractivity contribution in [2.45, 2.75) is 0 Å². The molecule has 0 atom stereocenters. The molecule has 6 nitrogen and oxygen atoms in total. The molecule has 6 heteroatoms. The Morgan fingerprint density at radius 2 is 0.918 bits per heavy atom. The van der Waals surface area contributed by atoms with E-state index in [1.165, 1.54) is 21.8 Å². The van der Waals surface area contributed by atoms with Crippen LogP contribution < -0.4 is 4.74 Å². The van der Waals surface area contributed by atoms with Crippen LogP contribution in [-0.4, -0.2) is 24.1 Å². The maximum absolute atomic E-state index is 6.77. The van der Waals surface area contributed by atoms with Crippen molar-refractivity contribution < 1.29 is 4.74 Å². The molecule has 3 aromatic heterocycles. The summed E-state index contributed by atoms with van der Waals surface area (Å²) in [4.78, 5) is 15.5. The Morgan fingerprint density at radius 1 is 0.344 bits per heavy atom. The zero-order chi connectivity index (χ0) is 40.0. The second-order valence-electron chi connectivity index (χ2n) is 15.6. The molecule has 0 amide bonds. The minimum atomic E-state index is 0.547. The van der Waals surface area contributed by atoms with E-state index < -0.39 is 0 Å². The highest BCUT2D eigenvalue weighted by atomic mass is 16.5. The van der Waals surface area contributed by atoms with Gasteiger partial charge in [0.1, 0.15) is 11.5 Å². The summed E-state index contributed by atoms with van der Waals surface area (Å²) in [7, 11) is 0. The van der Waals surface area contributed by atoms with Crippen LogP contribution in [0.5, 0.6) is 11.5 Å². The summed E-state index contributed by atoms with van der Waals surface area (Å²) in [5.74, 6) is 3.46. The smallest absolute Gasteiger partial charge is 0.238 e. The average Bonchev–Trinajstić information content (AvgIpc) is 3.83. The average molecular weight is 780 g/mol. The van der Waals surface area contributed by atoms with E-state index in [0.29, 0.717) is 17.6 Å². The summed E-state index contributed by atoms with van der Waals surface area (Å²) in [6.07, 6.45) is 0. The molecule has 0 radical (unpaired) electrons. The molecule has 0 saturated heterocycles. The van der Waals surface area contributed by atoms with Gasteiger partial charge >= 0.3 is 0 Å². The number of aromatic nitrogens is 5. The molecule has 0 bridgehead atoms. The third kappa shape index (κ3) is 5.19. The SMILES string of the molecule is c1ccc(-c2nc(-c3ccccc3)nc(-n3c4ccc(-c5ccc6c(c5)c5ccccc5n6-c5ccccc5)cc4c4cc5c(cc43)-c3cccc4cccc(c34)O5)n2)cc1. The third-order valence-electron chi connectivity index (χ3n) is 12.2. The van der Waals surface area contributed by atoms with Crippen LogP contribution in [0.2, 0.25) is 0 Å². The largest absolute Gasteiger partial charge is 0.456 e. The van der Waals surface area contributed by atoms with Gasteiger partial charge in [-0.1, -0.05) is 140 Å². The fraction of sp³-hybridized carbons (Fsp3) is 0. The summed E-state index contributed by atoms with van der Waals surface area (Å²) < 4.78 is 11.3. The molecule has 0 fully saturated rings. The molecule has 0 spiro atoms. The fourth-order valence-electron chi connectivity index (χ4n) is 9.38. The van der Waals surface area contributed by atoms with E-state index in [4.69, 9.17) is 19.7 Å². The lowest BCUT2D eigenvalue weighted by atomic mass is 9.93. The van der Waals surface area contributed by atoms with Gasteiger partial charge in [0.2, 0.25) is 5.95 Å². The van der Waals surface area contributed by atoms with Crippen LogP contribution >= 0.6 is 0 Å². The second kappa shape index (κ2) is 13.1. The number of hydrogen-bond acceptors (Lipinski definition) is 4. The van der Waals surface area contributed by atoms with E-state index in [2.05, 4.69) is 149 Å². The van der Waals surface area contributed by atoms with Crippen molar-refractivity contribution in [2.24, 2.45) is 0 Å². The van der Waals surface area contributed by atoms with Gasteiger partial charge in [0, 0.05) is 49.3 Å². The molecule has 1 aliphatic rings. The Bertz CT molecular complexity index is 3660. The molecule has 12 aromatic rings. The Balaban J connectivity index is 1.08. The van der Waals surface area contributed by atoms with Gasteiger partial charge < -0.3 is 9.30 Å². The summed E-state index contributed by atoms with van der Waals surface area (Å²) in [5.41, 5.74) is 11.7. The quantitative estimate of drug-likeness (QED) is 0.175. The first-order chi connectivity index (χ1) is 30.2. The molecule has 1 aliphatic heterocycles. The standard InChI is InChI=1S/C55H33N5O/c1-4-14-35(15-5-1)53-56-54(36-16-6-2-7-17-36)58-55(57-53)60-48-29-27-38(37-26-28-47-42(30-37)40-22-10-11-24-46(40)59(47)39-20-8-3-9-21-39)31-43(48)44-33-51-45(32-49(44)60)41-23-12-18-34-19-13-25-50(61-51)52(34)41/h1-33H. The molecular weight excluding hydrogens is 747 g/mol. The van der Waals surface area contributed by atoms with Gasteiger partial charge in [-0.05, 0) is 82.7 Å².